The third-order valence-electron chi connectivity index (χ3n) is 10.4. The number of nitrogens with two attached hydrogens (primary N) is 1. The van der Waals surface area contributed by atoms with Crippen LogP contribution in [-0.2, 0) is 9.47 Å². The van der Waals surface area contributed by atoms with Gasteiger partial charge in [-0.3, -0.25) is 0 Å². The van der Waals surface area contributed by atoms with E-state index in [9.17, 15) is 15.3 Å². The maximum Gasteiger partial charge on any atom is 0.162 e. The van der Waals surface area contributed by atoms with Crippen LogP contribution < -0.4 is 5.73 Å². The molecule has 254 valence electrons. The summed E-state index contributed by atoms with van der Waals surface area (Å²) in [4.78, 5) is 0. The van der Waals surface area contributed by atoms with Gasteiger partial charge < -0.3 is 30.5 Å². The largest absolute Gasteiger partial charge is 0.399 e. The van der Waals surface area contributed by atoms with Crippen LogP contribution in [0.1, 0.15) is 127 Å². The Morgan fingerprint density at radius 3 is 1.79 bits per heavy atom. The minimum Gasteiger partial charge on any atom is -0.399 e. The fourth-order valence-electron chi connectivity index (χ4n) is 7.75. The number of hydrogen-bond acceptors (Lipinski definition) is 6. The highest BCUT2D eigenvalue weighted by molar-refractivity contribution is 5.08. The quantitative estimate of drug-likeness (QED) is 0.105. The molecule has 0 saturated heterocycles. The van der Waals surface area contributed by atoms with E-state index in [0.29, 0.717) is 42.4 Å². The highest BCUT2D eigenvalue weighted by Crippen LogP contribution is 2.44. The number of allylic oxidation sites excluding steroid dienone is 2. The van der Waals surface area contributed by atoms with Crippen LogP contribution in [0.4, 0.5) is 0 Å². The van der Waals surface area contributed by atoms with Gasteiger partial charge in [0.05, 0.1) is 31.5 Å². The van der Waals surface area contributed by atoms with Gasteiger partial charge in [0.1, 0.15) is 0 Å². The SMILES string of the molecule is C=C(N)/C=C\C.CCCC(C)OCC1C[C@H](C)CC[C@H]1C(C)C(O)C(O)C(C)[C@@H]1CC[C@@H](C)CC1CO[C@](C)(O)CCC. The van der Waals surface area contributed by atoms with Crippen LogP contribution in [0.3, 0.4) is 0 Å². The minimum atomic E-state index is -1.10. The molecule has 0 bridgehead atoms. The number of aliphatic hydroxyl groups excluding tert-OH is 2. The maximum absolute atomic E-state index is 11.5. The maximum atomic E-state index is 11.5. The Labute approximate surface area is 265 Å². The smallest absolute Gasteiger partial charge is 0.162 e. The molecule has 6 nitrogen and oxygen atoms in total. The molecule has 0 spiro atoms. The summed E-state index contributed by atoms with van der Waals surface area (Å²) in [5.41, 5.74) is 5.73. The molecule has 43 heavy (non-hydrogen) atoms. The third-order valence-corrected chi connectivity index (χ3v) is 10.4. The van der Waals surface area contributed by atoms with Crippen molar-refractivity contribution in [1.29, 1.82) is 0 Å². The molecule has 0 aromatic rings. The molecular formula is C37H71NO5. The summed E-state index contributed by atoms with van der Waals surface area (Å²) in [5, 5.41) is 33.6. The fraction of sp³-hybridized carbons (Fsp3) is 0.892. The second-order valence-corrected chi connectivity index (χ2v) is 14.6. The van der Waals surface area contributed by atoms with E-state index >= 15 is 0 Å². The monoisotopic (exact) mass is 610 g/mol. The van der Waals surface area contributed by atoms with Gasteiger partial charge >= 0.3 is 0 Å². The van der Waals surface area contributed by atoms with E-state index in [1.165, 1.54) is 6.42 Å². The molecule has 2 aliphatic carbocycles. The lowest BCUT2D eigenvalue weighted by molar-refractivity contribution is -0.208. The second kappa shape index (κ2) is 20.3. The average Bonchev–Trinajstić information content (AvgIpc) is 2.94. The van der Waals surface area contributed by atoms with Crippen molar-refractivity contribution in [2.45, 2.75) is 151 Å². The molecule has 0 amide bonds. The summed E-state index contributed by atoms with van der Waals surface area (Å²) < 4.78 is 12.3. The molecule has 2 aliphatic rings. The number of hydrogen-bond donors (Lipinski definition) is 4. The van der Waals surface area contributed by atoms with Crippen molar-refractivity contribution >= 4 is 0 Å². The Hall–Kier alpha value is -0.920. The molecule has 6 heteroatoms. The number of rotatable bonds is 16. The highest BCUT2D eigenvalue weighted by atomic mass is 16.6. The van der Waals surface area contributed by atoms with Gasteiger partial charge in [-0.1, -0.05) is 79.9 Å². The molecule has 0 heterocycles. The van der Waals surface area contributed by atoms with E-state index in [-0.39, 0.29) is 29.8 Å². The lowest BCUT2D eigenvalue weighted by Crippen LogP contribution is -2.47. The zero-order chi connectivity index (χ0) is 32.7. The standard InChI is InChI=1S/C32H62O5.C5H9N/c1-9-11-23(5)36-19-26-17-21(3)12-14-28(26)24(6)30(33)31(34)25(7)29-15-13-22(4)18-27(29)20-37-32(8,35)16-10-2;1-3-4-5(2)6/h21-31,33-35H,9-20H2,1-8H3;3-4H,2,6H2,1H3/b;4-3-/t21-,22-,23?,24?,25?,26?,27?,28+,29+,30?,31?,32+;/m1./s1. The first-order chi connectivity index (χ1) is 20.2. The summed E-state index contributed by atoms with van der Waals surface area (Å²) >= 11 is 0. The van der Waals surface area contributed by atoms with Gasteiger partial charge in [-0.15, -0.1) is 0 Å². The normalized spacial score (nSPS) is 31.3. The molecule has 12 atom stereocenters. The summed E-state index contributed by atoms with van der Waals surface area (Å²) in [7, 11) is 0. The molecule has 2 fully saturated rings. The van der Waals surface area contributed by atoms with Gasteiger partial charge in [0.2, 0.25) is 0 Å². The van der Waals surface area contributed by atoms with Crippen LogP contribution in [0.25, 0.3) is 0 Å². The van der Waals surface area contributed by atoms with Crippen molar-refractivity contribution in [2.24, 2.45) is 53.1 Å². The van der Waals surface area contributed by atoms with E-state index in [2.05, 4.69) is 55.0 Å². The number of ether oxygens (including phenoxy) is 2. The van der Waals surface area contributed by atoms with E-state index in [0.717, 1.165) is 58.0 Å². The van der Waals surface area contributed by atoms with Crippen LogP contribution >= 0.6 is 0 Å². The first kappa shape index (κ1) is 40.1. The first-order valence-corrected chi connectivity index (χ1v) is 17.6. The highest BCUT2D eigenvalue weighted by Gasteiger charge is 2.42. The van der Waals surface area contributed by atoms with Crippen LogP contribution in [0, 0.1) is 47.3 Å². The van der Waals surface area contributed by atoms with E-state index in [1.54, 1.807) is 13.0 Å². The lowest BCUT2D eigenvalue weighted by Gasteiger charge is -2.44. The molecule has 0 aromatic heterocycles. The topological polar surface area (TPSA) is 105 Å². The molecule has 5 N–H and O–H groups in total. The third kappa shape index (κ3) is 14.4. The zero-order valence-electron chi connectivity index (χ0n) is 29.4. The molecule has 0 aliphatic heterocycles. The van der Waals surface area contributed by atoms with Gasteiger partial charge in [0.15, 0.2) is 5.79 Å². The minimum absolute atomic E-state index is 0.0172. The Balaban J connectivity index is 0.00000139. The molecule has 0 aromatic carbocycles. The van der Waals surface area contributed by atoms with E-state index in [1.807, 2.05) is 13.0 Å². The summed E-state index contributed by atoms with van der Waals surface area (Å²) in [6, 6.07) is 0. The second-order valence-electron chi connectivity index (χ2n) is 14.6. The van der Waals surface area contributed by atoms with Crippen LogP contribution in [0.2, 0.25) is 0 Å². The van der Waals surface area contributed by atoms with Crippen molar-refractivity contribution in [3.05, 3.63) is 24.4 Å². The van der Waals surface area contributed by atoms with Gasteiger partial charge in [-0.2, -0.15) is 0 Å². The average molecular weight is 610 g/mol. The van der Waals surface area contributed by atoms with Gasteiger partial charge in [0, 0.05) is 12.1 Å². The summed E-state index contributed by atoms with van der Waals surface area (Å²) in [5.74, 6) is 1.61. The molecule has 7 unspecified atom stereocenters. The number of aliphatic hydroxyl groups is 3. The van der Waals surface area contributed by atoms with E-state index in [4.69, 9.17) is 15.2 Å². The Kier molecular flexibility index (Phi) is 18.9. The lowest BCUT2D eigenvalue weighted by atomic mass is 9.65. The van der Waals surface area contributed by atoms with Crippen LogP contribution in [0.5, 0.6) is 0 Å². The molecular weight excluding hydrogens is 538 g/mol. The Bertz CT molecular complexity index is 785. The molecule has 2 rings (SSSR count). The Morgan fingerprint density at radius 1 is 0.907 bits per heavy atom. The van der Waals surface area contributed by atoms with Crippen molar-refractivity contribution in [1.82, 2.24) is 0 Å². The zero-order valence-corrected chi connectivity index (χ0v) is 29.4. The summed E-state index contributed by atoms with van der Waals surface area (Å²) in [6.07, 6.45) is 12.7. The van der Waals surface area contributed by atoms with Crippen molar-refractivity contribution < 1.29 is 24.8 Å². The van der Waals surface area contributed by atoms with Crippen molar-refractivity contribution in [3.63, 3.8) is 0 Å². The Morgan fingerprint density at radius 2 is 1.40 bits per heavy atom. The van der Waals surface area contributed by atoms with Gasteiger partial charge in [0.25, 0.3) is 0 Å². The van der Waals surface area contributed by atoms with Crippen molar-refractivity contribution in [3.8, 4) is 0 Å². The van der Waals surface area contributed by atoms with Gasteiger partial charge in [-0.25, -0.2) is 0 Å². The predicted molar refractivity (Wildman–Crippen MR) is 180 cm³/mol. The van der Waals surface area contributed by atoms with Crippen LogP contribution in [-0.4, -0.2) is 52.6 Å². The van der Waals surface area contributed by atoms with E-state index < -0.39 is 18.0 Å². The van der Waals surface area contributed by atoms with Crippen LogP contribution in [0.15, 0.2) is 24.4 Å². The fourth-order valence-corrected chi connectivity index (χ4v) is 7.75. The molecule has 2 saturated carbocycles. The van der Waals surface area contributed by atoms with Crippen molar-refractivity contribution in [2.75, 3.05) is 13.2 Å². The molecule has 0 radical (unpaired) electrons. The predicted octanol–water partition coefficient (Wildman–Crippen LogP) is 7.85. The van der Waals surface area contributed by atoms with Gasteiger partial charge in [-0.05, 0) is 106 Å². The summed E-state index contributed by atoms with van der Waals surface area (Å²) in [6.45, 7) is 23.7. The first-order valence-electron chi connectivity index (χ1n) is 17.6.